The highest BCUT2D eigenvalue weighted by Crippen LogP contribution is 2.52. The number of aliphatic hydroxyl groups is 1. The van der Waals surface area contributed by atoms with E-state index < -0.39 is 4.93 Å². The fraction of sp³-hybridized carbons (Fsp3) is 0.810. The molecule has 1 aliphatic carbocycles. The van der Waals surface area contributed by atoms with Crippen LogP contribution < -0.4 is 0 Å². The number of rotatable bonds is 10. The number of Topliss-reactive ketones (excluding diaryl/α,β-unsaturated/α-hetero) is 1. The molecular formula is C21H34O4S. The van der Waals surface area contributed by atoms with Crippen molar-refractivity contribution in [2.45, 2.75) is 87.7 Å². The van der Waals surface area contributed by atoms with Gasteiger partial charge in [0.15, 0.2) is 0 Å². The quantitative estimate of drug-likeness (QED) is 0.339. The van der Waals surface area contributed by atoms with Gasteiger partial charge in [0, 0.05) is 24.0 Å². The highest BCUT2D eigenvalue weighted by atomic mass is 32.2. The van der Waals surface area contributed by atoms with Gasteiger partial charge in [-0.2, -0.15) is 0 Å². The lowest BCUT2D eigenvalue weighted by molar-refractivity contribution is -0.140. The van der Waals surface area contributed by atoms with Crippen LogP contribution in [-0.2, 0) is 14.3 Å². The summed E-state index contributed by atoms with van der Waals surface area (Å²) in [5.41, 5.74) is 0. The minimum absolute atomic E-state index is 0.115. The Hall–Kier alpha value is -0.810. The maximum absolute atomic E-state index is 12.5. The van der Waals surface area contributed by atoms with Gasteiger partial charge >= 0.3 is 5.97 Å². The molecule has 1 heterocycles. The number of unbranched alkanes of at least 4 members (excludes halogenated alkanes) is 3. The number of fused-ring (bicyclic) bond motifs is 1. The van der Waals surface area contributed by atoms with Crippen LogP contribution in [0.1, 0.15) is 77.6 Å². The van der Waals surface area contributed by atoms with Crippen LogP contribution in [0.3, 0.4) is 0 Å². The number of thioether (sulfide) groups is 1. The van der Waals surface area contributed by atoms with Gasteiger partial charge in [0.2, 0.25) is 0 Å². The van der Waals surface area contributed by atoms with Crippen molar-refractivity contribution in [2.24, 2.45) is 11.8 Å². The molecule has 0 amide bonds. The van der Waals surface area contributed by atoms with Gasteiger partial charge in [-0.1, -0.05) is 31.9 Å². The van der Waals surface area contributed by atoms with Gasteiger partial charge in [0.1, 0.15) is 10.7 Å². The number of hydrogen-bond donors (Lipinski definition) is 1. The first-order chi connectivity index (χ1) is 12.5. The van der Waals surface area contributed by atoms with Gasteiger partial charge in [-0.05, 0) is 50.9 Å². The normalized spacial score (nSPS) is 31.3. The molecule has 4 atom stereocenters. The monoisotopic (exact) mass is 382 g/mol. The molecule has 5 heteroatoms. The number of methoxy groups -OCH3 is 1. The first kappa shape index (κ1) is 21.5. The second-order valence-corrected chi connectivity index (χ2v) is 9.32. The van der Waals surface area contributed by atoms with E-state index >= 15 is 0 Å². The molecule has 0 spiro atoms. The molecule has 0 radical (unpaired) electrons. The zero-order valence-electron chi connectivity index (χ0n) is 16.2. The smallest absolute Gasteiger partial charge is 0.305 e. The predicted octanol–water partition coefficient (Wildman–Crippen LogP) is 4.65. The third-order valence-electron chi connectivity index (χ3n) is 5.76. The number of allylic oxidation sites excluding steroid dienone is 2. The molecular weight excluding hydrogens is 348 g/mol. The van der Waals surface area contributed by atoms with E-state index in [1.165, 1.54) is 20.0 Å². The van der Waals surface area contributed by atoms with Gasteiger partial charge in [-0.3, -0.25) is 9.59 Å². The van der Waals surface area contributed by atoms with Crippen molar-refractivity contribution in [1.82, 2.24) is 0 Å². The van der Waals surface area contributed by atoms with Crippen LogP contribution in [-0.4, -0.2) is 34.2 Å². The lowest BCUT2D eigenvalue weighted by Crippen LogP contribution is -2.36. The average molecular weight is 383 g/mol. The second kappa shape index (κ2) is 10.5. The van der Waals surface area contributed by atoms with Crippen molar-refractivity contribution in [3.63, 3.8) is 0 Å². The first-order valence-corrected chi connectivity index (χ1v) is 11.0. The Morgan fingerprint density at radius 3 is 2.88 bits per heavy atom. The van der Waals surface area contributed by atoms with Crippen LogP contribution in [0.15, 0.2) is 12.2 Å². The summed E-state index contributed by atoms with van der Waals surface area (Å²) in [6.45, 7) is 2.18. The Labute approximate surface area is 162 Å². The Bertz CT molecular complexity index is 504. The number of esters is 1. The fourth-order valence-corrected chi connectivity index (χ4v) is 6.03. The molecule has 148 valence electrons. The summed E-state index contributed by atoms with van der Waals surface area (Å²) in [5, 5.41) is 11.1. The highest BCUT2D eigenvalue weighted by Gasteiger charge is 2.49. The molecule has 0 aromatic rings. The number of ketones is 1. The third-order valence-corrected chi connectivity index (χ3v) is 7.42. The summed E-state index contributed by atoms with van der Waals surface area (Å²) in [6, 6.07) is 0. The van der Waals surface area contributed by atoms with Crippen LogP contribution in [0, 0.1) is 11.8 Å². The zero-order valence-corrected chi connectivity index (χ0v) is 17.1. The summed E-state index contributed by atoms with van der Waals surface area (Å²) in [5.74, 6) is 0.727. The van der Waals surface area contributed by atoms with E-state index in [1.54, 1.807) is 11.8 Å². The highest BCUT2D eigenvalue weighted by molar-refractivity contribution is 8.01. The number of carbonyl (C=O) groups is 2. The predicted molar refractivity (Wildman–Crippen MR) is 106 cm³/mol. The zero-order chi connectivity index (χ0) is 19.0. The topological polar surface area (TPSA) is 63.6 Å². The molecule has 26 heavy (non-hydrogen) atoms. The Kier molecular flexibility index (Phi) is 8.68. The van der Waals surface area contributed by atoms with Crippen LogP contribution in [0.2, 0.25) is 0 Å². The summed E-state index contributed by atoms with van der Waals surface area (Å²) in [4.78, 5) is 22.9. The van der Waals surface area contributed by atoms with Gasteiger partial charge in [-0.25, -0.2) is 0 Å². The van der Waals surface area contributed by atoms with E-state index in [0.29, 0.717) is 29.8 Å². The lowest BCUT2D eigenvalue weighted by Gasteiger charge is -2.39. The summed E-state index contributed by atoms with van der Waals surface area (Å²) >= 11 is 1.67. The Morgan fingerprint density at radius 2 is 2.15 bits per heavy atom. The van der Waals surface area contributed by atoms with Crippen molar-refractivity contribution in [3.05, 3.63) is 12.2 Å². The van der Waals surface area contributed by atoms with Crippen molar-refractivity contribution in [2.75, 3.05) is 7.11 Å². The van der Waals surface area contributed by atoms with Gasteiger partial charge in [-0.15, -0.1) is 11.8 Å². The van der Waals surface area contributed by atoms with Gasteiger partial charge in [0.25, 0.3) is 0 Å². The summed E-state index contributed by atoms with van der Waals surface area (Å²) in [7, 11) is 1.41. The third kappa shape index (κ3) is 6.12. The maximum atomic E-state index is 12.5. The molecule has 1 saturated heterocycles. The van der Waals surface area contributed by atoms with Crippen molar-refractivity contribution >= 4 is 23.5 Å². The summed E-state index contributed by atoms with van der Waals surface area (Å²) < 4.78 is 4.63. The van der Waals surface area contributed by atoms with Crippen LogP contribution in [0.4, 0.5) is 0 Å². The second-order valence-electron chi connectivity index (χ2n) is 7.71. The van der Waals surface area contributed by atoms with Crippen molar-refractivity contribution < 1.29 is 19.4 Å². The molecule has 2 rings (SSSR count). The average Bonchev–Trinajstić information content (AvgIpc) is 2.91. The van der Waals surface area contributed by atoms with Crippen molar-refractivity contribution in [1.29, 1.82) is 0 Å². The number of ether oxygens (including phenoxy) is 1. The van der Waals surface area contributed by atoms with E-state index in [4.69, 9.17) is 0 Å². The standard InChI is InChI=1S/C21H34O4S/c1-3-4-9-13-21(24)14-12-17-16(18(22)15-19(17)26-21)10-7-5-6-8-11-20(23)25-2/h5,7,16-17,19,24H,3-4,6,8-15H2,1-2H3/t16?,17-,19-,21?/m1/s1. The Balaban J connectivity index is 1.77. The van der Waals surface area contributed by atoms with E-state index in [9.17, 15) is 14.7 Å². The van der Waals surface area contributed by atoms with E-state index in [1.807, 2.05) is 0 Å². The lowest BCUT2D eigenvalue weighted by atomic mass is 9.86. The molecule has 2 unspecified atom stereocenters. The number of carbonyl (C=O) groups excluding carboxylic acids is 2. The minimum Gasteiger partial charge on any atom is -0.469 e. The molecule has 4 nitrogen and oxygen atoms in total. The molecule has 2 aliphatic rings. The number of hydrogen-bond acceptors (Lipinski definition) is 5. The Morgan fingerprint density at radius 1 is 1.35 bits per heavy atom. The maximum Gasteiger partial charge on any atom is 0.305 e. The van der Waals surface area contributed by atoms with E-state index in [0.717, 1.165) is 44.9 Å². The largest absolute Gasteiger partial charge is 0.469 e. The molecule has 0 bridgehead atoms. The van der Waals surface area contributed by atoms with E-state index in [-0.39, 0.29) is 11.9 Å². The van der Waals surface area contributed by atoms with E-state index in [2.05, 4.69) is 23.8 Å². The first-order valence-electron chi connectivity index (χ1n) is 10.1. The molecule has 0 aromatic carbocycles. The SMILES string of the molecule is CCCCCC1(O)CC[C@@H]2C(CC=CCCCC(=O)OC)C(=O)C[C@H]2S1. The van der Waals surface area contributed by atoms with Crippen LogP contribution >= 0.6 is 11.8 Å². The molecule has 1 aliphatic heterocycles. The summed E-state index contributed by atoms with van der Waals surface area (Å²) in [6.07, 6.45) is 13.7. The van der Waals surface area contributed by atoms with Crippen LogP contribution in [0.25, 0.3) is 0 Å². The van der Waals surface area contributed by atoms with Crippen molar-refractivity contribution in [3.8, 4) is 0 Å². The fourth-order valence-electron chi connectivity index (χ4n) is 4.22. The minimum atomic E-state index is -0.616. The van der Waals surface area contributed by atoms with Gasteiger partial charge in [0.05, 0.1) is 7.11 Å². The molecule has 1 N–H and O–H groups in total. The molecule has 2 fully saturated rings. The van der Waals surface area contributed by atoms with Gasteiger partial charge < -0.3 is 9.84 Å². The molecule has 0 aromatic heterocycles. The van der Waals surface area contributed by atoms with Crippen LogP contribution in [0.5, 0.6) is 0 Å². The molecule has 1 saturated carbocycles.